The molecule has 1 atom stereocenters. The van der Waals surface area contributed by atoms with Crippen molar-refractivity contribution in [3.8, 4) is 11.5 Å². The van der Waals surface area contributed by atoms with E-state index >= 15 is 0 Å². The molecule has 0 bridgehead atoms. The van der Waals surface area contributed by atoms with Gasteiger partial charge in [-0.2, -0.15) is 0 Å². The van der Waals surface area contributed by atoms with Crippen molar-refractivity contribution in [1.82, 2.24) is 9.97 Å². The van der Waals surface area contributed by atoms with E-state index in [2.05, 4.69) is 9.97 Å². The van der Waals surface area contributed by atoms with Crippen molar-refractivity contribution in [2.45, 2.75) is 0 Å². The number of halogens is 1. The monoisotopic (exact) mass is 359 g/mol. The maximum Gasteiger partial charge on any atom is 0.184 e. The number of allylic oxidation sites excluding steroid dienone is 2. The predicted octanol–water partition coefficient (Wildman–Crippen LogP) is 2.77. The van der Waals surface area contributed by atoms with E-state index in [-0.39, 0.29) is 5.82 Å². The number of anilines is 2. The Balaban J connectivity index is 1.70. The average Bonchev–Trinajstić information content (AvgIpc) is 3.07. The van der Waals surface area contributed by atoms with Gasteiger partial charge in [-0.3, -0.25) is 4.21 Å². The first-order valence-electron chi connectivity index (χ1n) is 7.57. The van der Waals surface area contributed by atoms with Crippen LogP contribution in [-0.2, 0) is 10.8 Å². The number of benzene rings is 1. The molecular formula is C17H14FN3O3S. The molecule has 2 aliphatic heterocycles. The quantitative estimate of drug-likeness (QED) is 0.840. The third-order valence-electron chi connectivity index (χ3n) is 3.84. The van der Waals surface area contributed by atoms with Crippen molar-refractivity contribution in [1.29, 1.82) is 0 Å². The predicted molar refractivity (Wildman–Crippen MR) is 92.7 cm³/mol. The minimum absolute atomic E-state index is 0.119. The Bertz CT molecular complexity index is 929. The Morgan fingerprint density at radius 3 is 2.80 bits per heavy atom. The number of nitrogens with zero attached hydrogens (tertiary/aromatic N) is 3. The fourth-order valence-corrected chi connectivity index (χ4v) is 3.36. The summed E-state index contributed by atoms with van der Waals surface area (Å²) in [5.74, 6) is 1.17. The van der Waals surface area contributed by atoms with Gasteiger partial charge in [-0.1, -0.05) is 0 Å². The smallest absolute Gasteiger partial charge is 0.184 e. The van der Waals surface area contributed by atoms with E-state index in [4.69, 9.17) is 9.47 Å². The average molecular weight is 359 g/mol. The van der Waals surface area contributed by atoms with E-state index in [1.165, 1.54) is 10.8 Å². The molecule has 0 radical (unpaired) electrons. The number of rotatable bonds is 3. The molecule has 0 N–H and O–H groups in total. The van der Waals surface area contributed by atoms with Crippen LogP contribution < -0.4 is 14.4 Å². The molecule has 2 aliphatic rings. The molecule has 6 nitrogen and oxygen atoms in total. The van der Waals surface area contributed by atoms with Gasteiger partial charge in [0.15, 0.2) is 29.0 Å². The molecule has 1 unspecified atom stereocenters. The van der Waals surface area contributed by atoms with E-state index in [0.717, 1.165) is 6.20 Å². The molecule has 1 aromatic carbocycles. The van der Waals surface area contributed by atoms with E-state index < -0.39 is 16.6 Å². The van der Waals surface area contributed by atoms with Crippen molar-refractivity contribution in [3.05, 3.63) is 52.9 Å². The van der Waals surface area contributed by atoms with Gasteiger partial charge >= 0.3 is 0 Å². The first-order chi connectivity index (χ1) is 12.1. The fourth-order valence-electron chi connectivity index (χ4n) is 2.57. The van der Waals surface area contributed by atoms with Gasteiger partial charge < -0.3 is 14.4 Å². The molecule has 0 aliphatic carbocycles. The molecule has 1 aromatic heterocycles. The van der Waals surface area contributed by atoms with Crippen LogP contribution in [-0.4, -0.2) is 34.4 Å². The van der Waals surface area contributed by atoms with Crippen LogP contribution in [0.25, 0.3) is 5.57 Å². The van der Waals surface area contributed by atoms with Crippen LogP contribution in [0.4, 0.5) is 15.9 Å². The van der Waals surface area contributed by atoms with Crippen molar-refractivity contribution in [2.75, 3.05) is 25.2 Å². The maximum atomic E-state index is 14.3. The molecule has 0 saturated carbocycles. The second-order valence-electron chi connectivity index (χ2n) is 5.46. The van der Waals surface area contributed by atoms with Crippen LogP contribution in [0.15, 0.2) is 41.3 Å². The Hall–Kier alpha value is -2.74. The Morgan fingerprint density at radius 2 is 2.04 bits per heavy atom. The van der Waals surface area contributed by atoms with Gasteiger partial charge in [0.05, 0.1) is 17.0 Å². The zero-order chi connectivity index (χ0) is 17.4. The van der Waals surface area contributed by atoms with Gasteiger partial charge in [-0.15, -0.1) is 0 Å². The van der Waals surface area contributed by atoms with Crippen LogP contribution in [0.2, 0.25) is 0 Å². The Labute approximate surface area is 146 Å². The zero-order valence-electron chi connectivity index (χ0n) is 13.3. The Morgan fingerprint density at radius 1 is 1.24 bits per heavy atom. The van der Waals surface area contributed by atoms with Gasteiger partial charge in [-0.25, -0.2) is 14.4 Å². The summed E-state index contributed by atoms with van der Waals surface area (Å²) >= 11 is 0. The number of fused-ring (bicyclic) bond motifs is 1. The standard InChI is InChI=1S/C17H14FN3O3S/c1-21(12-2-3-14-15(8-12)24-6-5-23-14)17-13(18)9-19-16(20-17)11-4-7-25(22)10-11/h2-4,7-10H,5-6H2,1H3. The lowest BCUT2D eigenvalue weighted by molar-refractivity contribution is 0.171. The van der Waals surface area contributed by atoms with Gasteiger partial charge in [0.2, 0.25) is 0 Å². The second-order valence-corrected chi connectivity index (χ2v) is 6.62. The third-order valence-corrected chi connectivity index (χ3v) is 4.73. The molecule has 25 heavy (non-hydrogen) atoms. The van der Waals surface area contributed by atoms with E-state index in [1.807, 2.05) is 0 Å². The fraction of sp³-hybridized carbons (Fsp3) is 0.176. The first kappa shape index (κ1) is 15.8. The molecule has 4 rings (SSSR count). The van der Waals surface area contributed by atoms with Crippen molar-refractivity contribution < 1.29 is 18.1 Å². The topological polar surface area (TPSA) is 64.6 Å². The minimum atomic E-state index is -1.17. The molecule has 0 spiro atoms. The summed E-state index contributed by atoms with van der Waals surface area (Å²) in [7, 11) is 0.532. The third kappa shape index (κ3) is 3.00. The Kier molecular flexibility index (Phi) is 3.96. The SMILES string of the molecule is CN(c1ccc2c(c1)OCCO2)c1nc(C2=CS(=O)C=C2)ncc1F. The summed E-state index contributed by atoms with van der Waals surface area (Å²) < 4.78 is 36.8. The molecule has 3 heterocycles. The molecule has 8 heteroatoms. The maximum absolute atomic E-state index is 14.3. The van der Waals surface area contributed by atoms with Crippen molar-refractivity contribution >= 4 is 27.9 Å². The largest absolute Gasteiger partial charge is 0.486 e. The number of hydrogen-bond acceptors (Lipinski definition) is 6. The van der Waals surface area contributed by atoms with Gasteiger partial charge in [0.1, 0.15) is 13.2 Å². The summed E-state index contributed by atoms with van der Waals surface area (Å²) in [6.07, 6.45) is 2.78. The normalized spacial score (nSPS) is 18.2. The lowest BCUT2D eigenvalue weighted by atomic mass is 10.2. The van der Waals surface area contributed by atoms with Crippen LogP contribution in [0.1, 0.15) is 5.82 Å². The van der Waals surface area contributed by atoms with Gasteiger partial charge in [0.25, 0.3) is 0 Å². The van der Waals surface area contributed by atoms with Crippen LogP contribution in [0.5, 0.6) is 11.5 Å². The first-order valence-corrected chi connectivity index (χ1v) is 8.85. The van der Waals surface area contributed by atoms with Gasteiger partial charge in [0, 0.05) is 35.2 Å². The molecular weight excluding hydrogens is 345 g/mol. The molecule has 2 aromatic rings. The second kappa shape index (κ2) is 6.29. The number of ether oxygens (including phenoxy) is 2. The number of aromatic nitrogens is 2. The molecule has 128 valence electrons. The summed E-state index contributed by atoms with van der Waals surface area (Å²) in [6.45, 7) is 0.986. The van der Waals surface area contributed by atoms with E-state index in [9.17, 15) is 8.60 Å². The van der Waals surface area contributed by atoms with Crippen molar-refractivity contribution in [3.63, 3.8) is 0 Å². The zero-order valence-corrected chi connectivity index (χ0v) is 14.1. The van der Waals surface area contributed by atoms with Crippen LogP contribution in [0.3, 0.4) is 0 Å². The minimum Gasteiger partial charge on any atom is -0.486 e. The lowest BCUT2D eigenvalue weighted by Gasteiger charge is -2.23. The summed E-state index contributed by atoms with van der Waals surface area (Å²) in [5, 5.41) is 3.06. The highest BCUT2D eigenvalue weighted by molar-refractivity contribution is 7.91. The van der Waals surface area contributed by atoms with Crippen molar-refractivity contribution in [2.24, 2.45) is 0 Å². The highest BCUT2D eigenvalue weighted by atomic mass is 32.2. The highest BCUT2D eigenvalue weighted by Gasteiger charge is 2.19. The lowest BCUT2D eigenvalue weighted by Crippen LogP contribution is -2.17. The van der Waals surface area contributed by atoms with E-state index in [1.54, 1.807) is 36.2 Å². The number of hydrogen-bond donors (Lipinski definition) is 0. The summed E-state index contributed by atoms with van der Waals surface area (Å²) in [5.41, 5.74) is 1.31. The highest BCUT2D eigenvalue weighted by Crippen LogP contribution is 2.36. The van der Waals surface area contributed by atoms with Crippen LogP contribution >= 0.6 is 0 Å². The van der Waals surface area contributed by atoms with Gasteiger partial charge in [-0.05, 0) is 18.2 Å². The van der Waals surface area contributed by atoms with E-state index in [0.29, 0.717) is 41.8 Å². The summed E-state index contributed by atoms with van der Waals surface area (Å²) in [4.78, 5) is 9.89. The molecule has 0 fully saturated rings. The molecule has 0 amide bonds. The summed E-state index contributed by atoms with van der Waals surface area (Å²) in [6, 6.07) is 5.36. The van der Waals surface area contributed by atoms with Crippen LogP contribution in [0, 0.1) is 5.82 Å². The molecule has 0 saturated heterocycles.